The van der Waals surface area contributed by atoms with E-state index in [2.05, 4.69) is 20.7 Å². The van der Waals surface area contributed by atoms with Gasteiger partial charge in [-0.2, -0.15) is 0 Å². The minimum absolute atomic E-state index is 0.00108. The second kappa shape index (κ2) is 7.31. The van der Waals surface area contributed by atoms with E-state index in [1.54, 1.807) is 19.1 Å². The number of rotatable bonds is 6. The Kier molecular flexibility index (Phi) is 5.87. The average molecular weight is 445 g/mol. The van der Waals surface area contributed by atoms with Gasteiger partial charge in [0.05, 0.1) is 4.90 Å². The number of carbonyl (C=O) groups excluding carboxylic acids is 2. The number of halogens is 1. The smallest absolute Gasteiger partial charge is 0.264 e. The zero-order valence-electron chi connectivity index (χ0n) is 15.5. The molecule has 1 aliphatic rings. The summed E-state index contributed by atoms with van der Waals surface area (Å²) in [6.07, 6.45) is 1.99. The number of hydrogen-bond donors (Lipinski definition) is 1. The van der Waals surface area contributed by atoms with Gasteiger partial charge < -0.3 is 4.90 Å². The summed E-state index contributed by atoms with van der Waals surface area (Å²) in [6, 6.07) is 6.01. The Morgan fingerprint density at radius 3 is 2.31 bits per heavy atom. The second-order valence-corrected chi connectivity index (χ2v) is 10.1. The second-order valence-electron chi connectivity index (χ2n) is 7.50. The minimum Gasteiger partial charge on any atom is -0.328 e. The summed E-state index contributed by atoms with van der Waals surface area (Å²) in [5.74, 6) is -0.795. The number of hydrogen-bond acceptors (Lipinski definition) is 4. The lowest BCUT2D eigenvalue weighted by Crippen LogP contribution is -2.69. The molecule has 1 N–H and O–H groups in total. The first-order chi connectivity index (χ1) is 11.9. The number of amides is 2. The van der Waals surface area contributed by atoms with Gasteiger partial charge in [-0.05, 0) is 44.0 Å². The standard InChI is InChI=1S/C18H25BrN2O4S/c1-5-10-17(2,3)16(23)21-12-11-18(21,4)15(22)20-26(24,25)14-8-6-13(19)7-9-14/h6-9H,5,10-12H2,1-4H3,(H,20,22). The highest BCUT2D eigenvalue weighted by Gasteiger charge is 2.52. The third-order valence-electron chi connectivity index (χ3n) is 4.96. The molecule has 1 heterocycles. The number of carbonyl (C=O) groups is 2. The average Bonchev–Trinajstić information content (AvgIpc) is 2.52. The van der Waals surface area contributed by atoms with E-state index < -0.39 is 26.9 Å². The molecule has 0 radical (unpaired) electrons. The van der Waals surface area contributed by atoms with Crippen LogP contribution in [0.2, 0.25) is 0 Å². The van der Waals surface area contributed by atoms with Crippen molar-refractivity contribution < 1.29 is 18.0 Å². The van der Waals surface area contributed by atoms with Gasteiger partial charge in [0.25, 0.3) is 15.9 Å². The normalized spacial score (nSPS) is 20.4. The number of sulfonamides is 1. The first-order valence-corrected chi connectivity index (χ1v) is 10.9. The van der Waals surface area contributed by atoms with Crippen molar-refractivity contribution in [2.24, 2.45) is 5.41 Å². The van der Waals surface area contributed by atoms with Crippen LogP contribution >= 0.6 is 15.9 Å². The van der Waals surface area contributed by atoms with Gasteiger partial charge in [-0.25, -0.2) is 13.1 Å². The lowest BCUT2D eigenvalue weighted by atomic mass is 9.79. The van der Waals surface area contributed by atoms with Crippen LogP contribution in [0.5, 0.6) is 0 Å². The van der Waals surface area contributed by atoms with Gasteiger partial charge in [0.15, 0.2) is 0 Å². The molecular weight excluding hydrogens is 420 g/mol. The van der Waals surface area contributed by atoms with E-state index in [-0.39, 0.29) is 10.8 Å². The third kappa shape index (κ3) is 3.96. The van der Waals surface area contributed by atoms with Crippen molar-refractivity contribution in [2.75, 3.05) is 6.54 Å². The maximum Gasteiger partial charge on any atom is 0.264 e. The fourth-order valence-electron chi connectivity index (χ4n) is 3.12. The molecule has 1 fully saturated rings. The Labute approximate surface area is 163 Å². The maximum atomic E-state index is 12.8. The molecule has 2 amide bonds. The fraction of sp³-hybridized carbons (Fsp3) is 0.556. The Morgan fingerprint density at radius 2 is 1.85 bits per heavy atom. The molecular formula is C18H25BrN2O4S. The molecule has 1 aromatic rings. The lowest BCUT2D eigenvalue weighted by Gasteiger charge is -2.51. The van der Waals surface area contributed by atoms with Gasteiger partial charge in [-0.15, -0.1) is 0 Å². The van der Waals surface area contributed by atoms with Crippen LogP contribution in [0.25, 0.3) is 0 Å². The number of nitrogens with one attached hydrogen (secondary N) is 1. The Balaban J connectivity index is 2.18. The van der Waals surface area contributed by atoms with Crippen molar-refractivity contribution in [2.45, 2.75) is 57.4 Å². The van der Waals surface area contributed by atoms with Gasteiger partial charge in [-0.3, -0.25) is 9.59 Å². The lowest BCUT2D eigenvalue weighted by molar-refractivity contribution is -0.163. The largest absolute Gasteiger partial charge is 0.328 e. The van der Waals surface area contributed by atoms with Crippen molar-refractivity contribution in [3.05, 3.63) is 28.7 Å². The SMILES string of the molecule is CCCC(C)(C)C(=O)N1CCC1(C)C(=O)NS(=O)(=O)c1ccc(Br)cc1. The zero-order valence-corrected chi connectivity index (χ0v) is 17.9. The first-order valence-electron chi connectivity index (χ1n) is 8.59. The van der Waals surface area contributed by atoms with Crippen molar-refractivity contribution in [3.8, 4) is 0 Å². The van der Waals surface area contributed by atoms with Crippen molar-refractivity contribution in [3.63, 3.8) is 0 Å². The van der Waals surface area contributed by atoms with Crippen LogP contribution in [0, 0.1) is 5.41 Å². The predicted octanol–water partition coefficient (Wildman–Crippen LogP) is 3.07. The number of likely N-dealkylation sites (tertiary alicyclic amines) is 1. The molecule has 0 bridgehead atoms. The van der Waals surface area contributed by atoms with Gasteiger partial charge >= 0.3 is 0 Å². The highest BCUT2D eigenvalue weighted by Crippen LogP contribution is 2.37. The van der Waals surface area contributed by atoms with Gasteiger partial charge in [-0.1, -0.05) is 43.1 Å². The minimum atomic E-state index is -3.99. The highest BCUT2D eigenvalue weighted by atomic mass is 79.9. The van der Waals surface area contributed by atoms with Crippen molar-refractivity contribution in [1.82, 2.24) is 9.62 Å². The number of nitrogens with zero attached hydrogens (tertiary/aromatic N) is 1. The van der Waals surface area contributed by atoms with Crippen LogP contribution in [0.15, 0.2) is 33.6 Å². The van der Waals surface area contributed by atoms with E-state index in [4.69, 9.17) is 0 Å². The molecule has 1 aromatic carbocycles. The van der Waals surface area contributed by atoms with E-state index in [1.807, 2.05) is 20.8 Å². The number of benzene rings is 1. The summed E-state index contributed by atoms with van der Waals surface area (Å²) < 4.78 is 27.8. The molecule has 1 unspecified atom stereocenters. The quantitative estimate of drug-likeness (QED) is 0.730. The van der Waals surface area contributed by atoms with Crippen LogP contribution < -0.4 is 4.72 Å². The molecule has 26 heavy (non-hydrogen) atoms. The van der Waals surface area contributed by atoms with Crippen LogP contribution in [-0.4, -0.2) is 37.2 Å². The molecule has 2 rings (SSSR count). The molecule has 1 aliphatic heterocycles. The predicted molar refractivity (Wildman–Crippen MR) is 103 cm³/mol. The molecule has 6 nitrogen and oxygen atoms in total. The molecule has 0 saturated carbocycles. The Morgan fingerprint density at radius 1 is 1.27 bits per heavy atom. The molecule has 0 aromatic heterocycles. The zero-order chi connectivity index (χ0) is 19.8. The van der Waals surface area contributed by atoms with Crippen LogP contribution in [0.1, 0.15) is 47.0 Å². The van der Waals surface area contributed by atoms with Crippen LogP contribution in [0.3, 0.4) is 0 Å². The summed E-state index contributed by atoms with van der Waals surface area (Å²) in [4.78, 5) is 27.0. The van der Waals surface area contributed by atoms with E-state index >= 15 is 0 Å². The summed E-state index contributed by atoms with van der Waals surface area (Å²) in [5, 5.41) is 0. The molecule has 0 aliphatic carbocycles. The van der Waals surface area contributed by atoms with E-state index in [0.717, 1.165) is 10.9 Å². The van der Waals surface area contributed by atoms with E-state index in [0.29, 0.717) is 19.4 Å². The van der Waals surface area contributed by atoms with Gasteiger partial charge in [0, 0.05) is 16.4 Å². The molecule has 1 atom stereocenters. The highest BCUT2D eigenvalue weighted by molar-refractivity contribution is 9.10. The maximum absolute atomic E-state index is 12.8. The summed E-state index contributed by atoms with van der Waals surface area (Å²) in [6.45, 7) is 7.78. The molecule has 144 valence electrons. The Bertz CT molecular complexity index is 805. The molecule has 8 heteroatoms. The molecule has 1 saturated heterocycles. The van der Waals surface area contributed by atoms with Gasteiger partial charge in [0.2, 0.25) is 5.91 Å². The Hall–Kier alpha value is -1.41. The summed E-state index contributed by atoms with van der Waals surface area (Å²) >= 11 is 3.24. The van der Waals surface area contributed by atoms with Crippen molar-refractivity contribution in [1.29, 1.82) is 0 Å². The summed E-state index contributed by atoms with van der Waals surface area (Å²) in [7, 11) is -3.99. The first kappa shape index (κ1) is 20.9. The van der Waals surface area contributed by atoms with E-state index in [9.17, 15) is 18.0 Å². The summed E-state index contributed by atoms with van der Waals surface area (Å²) in [5.41, 5.74) is -1.73. The monoisotopic (exact) mass is 444 g/mol. The van der Waals surface area contributed by atoms with Gasteiger partial charge in [0.1, 0.15) is 5.54 Å². The van der Waals surface area contributed by atoms with Crippen LogP contribution in [0.4, 0.5) is 0 Å². The fourth-order valence-corrected chi connectivity index (χ4v) is 4.46. The topological polar surface area (TPSA) is 83.6 Å². The van der Waals surface area contributed by atoms with Crippen molar-refractivity contribution >= 4 is 37.8 Å². The third-order valence-corrected chi connectivity index (χ3v) is 6.83. The van der Waals surface area contributed by atoms with Crippen LogP contribution in [-0.2, 0) is 19.6 Å². The van der Waals surface area contributed by atoms with E-state index in [1.165, 1.54) is 17.0 Å². The molecule has 0 spiro atoms.